The molecule has 1 aliphatic rings. The standard InChI is InChI=1S/C18H19F2N3O5/c1-2-10-3-5-11(6-4-10)15(26)21-13-7-8-23(17(27)22-13)16-18(19,20)14(25)12(9-24)28-16/h3-8,12,14,16,24-25H,2,9H2,1H3,(H,21,22,26,27). The summed E-state index contributed by atoms with van der Waals surface area (Å²) < 4.78 is 33.7. The van der Waals surface area contributed by atoms with Crippen LogP contribution in [-0.4, -0.2) is 50.4 Å². The smallest absolute Gasteiger partial charge is 0.351 e. The number of halogens is 2. The summed E-state index contributed by atoms with van der Waals surface area (Å²) in [6, 6.07) is 8.00. The molecular weight excluding hydrogens is 376 g/mol. The summed E-state index contributed by atoms with van der Waals surface area (Å²) in [5, 5.41) is 21.0. The molecule has 0 bridgehead atoms. The summed E-state index contributed by atoms with van der Waals surface area (Å²) >= 11 is 0. The molecule has 1 saturated heterocycles. The van der Waals surface area contributed by atoms with E-state index in [4.69, 9.17) is 9.84 Å². The van der Waals surface area contributed by atoms with Gasteiger partial charge in [0.1, 0.15) is 11.9 Å². The summed E-state index contributed by atoms with van der Waals surface area (Å²) in [5.74, 6) is -4.43. The SMILES string of the molecule is CCc1ccc(C(=O)Nc2ccn(C3OC(CO)C(O)C3(F)F)c(=O)n2)cc1. The molecule has 28 heavy (non-hydrogen) atoms. The minimum Gasteiger partial charge on any atom is -0.394 e. The molecule has 0 aliphatic carbocycles. The zero-order valence-corrected chi connectivity index (χ0v) is 14.9. The average molecular weight is 395 g/mol. The maximum atomic E-state index is 14.2. The van der Waals surface area contributed by atoms with Gasteiger partial charge in [-0.3, -0.25) is 9.36 Å². The third kappa shape index (κ3) is 3.66. The number of anilines is 1. The Hall–Kier alpha value is -2.69. The molecule has 2 aromatic rings. The van der Waals surface area contributed by atoms with Crippen molar-refractivity contribution in [3.05, 3.63) is 58.1 Å². The second-order valence-corrected chi connectivity index (χ2v) is 6.34. The number of ether oxygens (including phenoxy) is 1. The Balaban J connectivity index is 1.79. The van der Waals surface area contributed by atoms with Crippen LogP contribution in [0.4, 0.5) is 14.6 Å². The number of benzene rings is 1. The van der Waals surface area contributed by atoms with Crippen LogP contribution < -0.4 is 11.0 Å². The first-order chi connectivity index (χ1) is 13.3. The molecule has 8 nitrogen and oxygen atoms in total. The van der Waals surface area contributed by atoms with Crippen LogP contribution in [-0.2, 0) is 11.2 Å². The number of hydrogen-bond donors (Lipinski definition) is 3. The number of nitrogens with one attached hydrogen (secondary N) is 1. The molecule has 0 radical (unpaired) electrons. The first kappa shape index (κ1) is 20.1. The first-order valence-electron chi connectivity index (χ1n) is 8.59. The van der Waals surface area contributed by atoms with E-state index in [0.29, 0.717) is 10.1 Å². The van der Waals surface area contributed by atoms with Crippen LogP contribution in [0.3, 0.4) is 0 Å². The molecule has 1 fully saturated rings. The van der Waals surface area contributed by atoms with Crippen LogP contribution in [0.1, 0.15) is 29.1 Å². The maximum Gasteiger partial charge on any atom is 0.351 e. The Labute approximate surface area is 158 Å². The predicted molar refractivity (Wildman–Crippen MR) is 94.2 cm³/mol. The first-order valence-corrected chi connectivity index (χ1v) is 8.59. The summed E-state index contributed by atoms with van der Waals surface area (Å²) in [5.41, 5.74) is 0.301. The van der Waals surface area contributed by atoms with E-state index in [0.717, 1.165) is 24.2 Å². The number of hydrogen-bond acceptors (Lipinski definition) is 6. The lowest BCUT2D eigenvalue weighted by molar-refractivity contribution is -0.140. The van der Waals surface area contributed by atoms with Gasteiger partial charge in [-0.1, -0.05) is 19.1 Å². The van der Waals surface area contributed by atoms with Gasteiger partial charge in [0.2, 0.25) is 6.23 Å². The largest absolute Gasteiger partial charge is 0.394 e. The average Bonchev–Trinajstić information content (AvgIpc) is 2.91. The Morgan fingerprint density at radius 2 is 2.00 bits per heavy atom. The number of aryl methyl sites for hydroxylation is 1. The number of nitrogens with zero attached hydrogens (tertiary/aromatic N) is 2. The molecule has 150 valence electrons. The van der Waals surface area contributed by atoms with Gasteiger partial charge in [0, 0.05) is 11.8 Å². The van der Waals surface area contributed by atoms with Gasteiger partial charge in [-0.25, -0.2) is 4.79 Å². The molecule has 3 rings (SSSR count). The van der Waals surface area contributed by atoms with Crippen molar-refractivity contribution in [2.45, 2.75) is 37.7 Å². The van der Waals surface area contributed by atoms with Gasteiger partial charge in [0.25, 0.3) is 5.91 Å². The fourth-order valence-electron chi connectivity index (χ4n) is 2.86. The Morgan fingerprint density at radius 3 is 2.54 bits per heavy atom. The lowest BCUT2D eigenvalue weighted by atomic mass is 10.1. The third-order valence-corrected chi connectivity index (χ3v) is 4.51. The highest BCUT2D eigenvalue weighted by Crippen LogP contribution is 2.41. The number of carbonyl (C=O) groups is 1. The van der Waals surface area contributed by atoms with Gasteiger partial charge in [-0.05, 0) is 30.2 Å². The van der Waals surface area contributed by atoms with E-state index in [1.165, 1.54) is 0 Å². The number of rotatable bonds is 5. The monoisotopic (exact) mass is 395 g/mol. The minimum absolute atomic E-state index is 0.119. The van der Waals surface area contributed by atoms with E-state index in [9.17, 15) is 23.5 Å². The second-order valence-electron chi connectivity index (χ2n) is 6.34. The van der Waals surface area contributed by atoms with Crippen molar-refractivity contribution in [1.82, 2.24) is 9.55 Å². The zero-order chi connectivity index (χ0) is 20.5. The molecule has 1 aliphatic heterocycles. The summed E-state index contributed by atoms with van der Waals surface area (Å²) in [6.45, 7) is 1.15. The maximum absolute atomic E-state index is 14.2. The molecule has 1 aromatic carbocycles. The van der Waals surface area contributed by atoms with E-state index in [1.54, 1.807) is 24.3 Å². The third-order valence-electron chi connectivity index (χ3n) is 4.51. The summed E-state index contributed by atoms with van der Waals surface area (Å²) in [4.78, 5) is 28.0. The van der Waals surface area contributed by atoms with Crippen molar-refractivity contribution in [2.75, 3.05) is 11.9 Å². The fourth-order valence-corrected chi connectivity index (χ4v) is 2.86. The lowest BCUT2D eigenvalue weighted by Crippen LogP contribution is -2.41. The van der Waals surface area contributed by atoms with E-state index in [-0.39, 0.29) is 5.82 Å². The van der Waals surface area contributed by atoms with Crippen LogP contribution in [0.5, 0.6) is 0 Å². The molecule has 3 N–H and O–H groups in total. The highest BCUT2D eigenvalue weighted by molar-refractivity contribution is 6.03. The van der Waals surface area contributed by atoms with E-state index in [1.807, 2.05) is 6.92 Å². The quantitative estimate of drug-likeness (QED) is 0.695. The predicted octanol–water partition coefficient (Wildman–Crippen LogP) is 0.944. The highest BCUT2D eigenvalue weighted by atomic mass is 19.3. The van der Waals surface area contributed by atoms with Crippen LogP contribution in [0, 0.1) is 0 Å². The van der Waals surface area contributed by atoms with Crippen molar-refractivity contribution in [2.24, 2.45) is 0 Å². The van der Waals surface area contributed by atoms with Gasteiger partial charge in [0.15, 0.2) is 6.10 Å². The van der Waals surface area contributed by atoms with Gasteiger partial charge < -0.3 is 20.3 Å². The molecule has 2 heterocycles. The molecule has 0 saturated carbocycles. The highest BCUT2D eigenvalue weighted by Gasteiger charge is 2.59. The Bertz CT molecular complexity index is 916. The Kier molecular flexibility index (Phi) is 5.54. The number of carbonyl (C=O) groups excluding carboxylic acids is 1. The van der Waals surface area contributed by atoms with Crippen molar-refractivity contribution < 1.29 is 28.5 Å². The summed E-state index contributed by atoms with van der Waals surface area (Å²) in [6.07, 6.45) is -4.11. The van der Waals surface area contributed by atoms with Crippen LogP contribution in [0.2, 0.25) is 0 Å². The van der Waals surface area contributed by atoms with Crippen molar-refractivity contribution in [1.29, 1.82) is 0 Å². The van der Waals surface area contributed by atoms with Crippen LogP contribution >= 0.6 is 0 Å². The number of aliphatic hydroxyl groups excluding tert-OH is 2. The number of alkyl halides is 2. The van der Waals surface area contributed by atoms with Crippen molar-refractivity contribution >= 4 is 11.7 Å². The molecule has 3 atom stereocenters. The number of aliphatic hydroxyl groups is 2. The topological polar surface area (TPSA) is 114 Å². The van der Waals surface area contributed by atoms with Crippen LogP contribution in [0.25, 0.3) is 0 Å². The number of amides is 1. The molecule has 1 aromatic heterocycles. The van der Waals surface area contributed by atoms with Crippen molar-refractivity contribution in [3.63, 3.8) is 0 Å². The Morgan fingerprint density at radius 1 is 1.32 bits per heavy atom. The van der Waals surface area contributed by atoms with Gasteiger partial charge >= 0.3 is 11.6 Å². The second kappa shape index (κ2) is 7.74. The zero-order valence-electron chi connectivity index (χ0n) is 14.9. The molecule has 1 amide bonds. The van der Waals surface area contributed by atoms with Crippen molar-refractivity contribution in [3.8, 4) is 0 Å². The normalized spacial score (nSPS) is 23.5. The minimum atomic E-state index is -3.80. The molecular formula is C18H19F2N3O5. The lowest BCUT2D eigenvalue weighted by Gasteiger charge is -2.21. The molecule has 3 unspecified atom stereocenters. The van der Waals surface area contributed by atoms with E-state index < -0.39 is 42.6 Å². The van der Waals surface area contributed by atoms with Gasteiger partial charge in [-0.15, -0.1) is 0 Å². The van der Waals surface area contributed by atoms with Crippen LogP contribution in [0.15, 0.2) is 41.3 Å². The van der Waals surface area contributed by atoms with Gasteiger partial charge in [-0.2, -0.15) is 13.8 Å². The molecule has 10 heteroatoms. The van der Waals surface area contributed by atoms with Gasteiger partial charge in [0.05, 0.1) is 6.61 Å². The number of aromatic nitrogens is 2. The molecule has 0 spiro atoms. The summed E-state index contributed by atoms with van der Waals surface area (Å²) in [7, 11) is 0. The van der Waals surface area contributed by atoms with E-state index >= 15 is 0 Å². The fraction of sp³-hybridized carbons (Fsp3) is 0.389. The van der Waals surface area contributed by atoms with E-state index in [2.05, 4.69) is 10.3 Å².